The molecule has 164 valence electrons. The Labute approximate surface area is 190 Å². The number of benzene rings is 2. The number of carbonyl (C=O) groups is 1. The van der Waals surface area contributed by atoms with Crippen molar-refractivity contribution >= 4 is 49.1 Å². The molecule has 0 aliphatic carbocycles. The molecule has 4 rings (SSSR count). The number of halogens is 1. The van der Waals surface area contributed by atoms with E-state index >= 15 is 0 Å². The van der Waals surface area contributed by atoms with E-state index in [1.165, 1.54) is 34.4 Å². The maximum absolute atomic E-state index is 12.9. The summed E-state index contributed by atoms with van der Waals surface area (Å²) in [5.41, 5.74) is 1.13. The quantitative estimate of drug-likeness (QED) is 0.558. The second-order valence-corrected chi connectivity index (χ2v) is 10.6. The van der Waals surface area contributed by atoms with Crippen molar-refractivity contribution in [3.05, 3.63) is 58.1 Å². The smallest absolute Gasteiger partial charge is 0.254 e. The first-order valence-electron chi connectivity index (χ1n) is 9.84. The van der Waals surface area contributed by atoms with Gasteiger partial charge in [0.2, 0.25) is 10.0 Å². The molecule has 1 N–H and O–H groups in total. The highest BCUT2D eigenvalue weighted by molar-refractivity contribution is 7.89. The number of aromatic nitrogens is 1. The first kappa shape index (κ1) is 22.2. The minimum absolute atomic E-state index is 0.0604. The van der Waals surface area contributed by atoms with Crippen LogP contribution in [0.4, 0.5) is 0 Å². The number of fused-ring (bicyclic) bond motifs is 1. The van der Waals surface area contributed by atoms with Crippen LogP contribution in [0.5, 0.6) is 0 Å². The summed E-state index contributed by atoms with van der Waals surface area (Å²) < 4.78 is 34.6. The van der Waals surface area contributed by atoms with Crippen LogP contribution in [0.3, 0.4) is 0 Å². The van der Waals surface area contributed by atoms with Gasteiger partial charge < -0.3 is 9.64 Å². The molecule has 31 heavy (non-hydrogen) atoms. The molecule has 0 bridgehead atoms. The predicted molar refractivity (Wildman–Crippen MR) is 121 cm³/mol. The van der Waals surface area contributed by atoms with Crippen LogP contribution in [0.25, 0.3) is 10.2 Å². The predicted octanol–water partition coefficient (Wildman–Crippen LogP) is 3.68. The highest BCUT2D eigenvalue weighted by Gasteiger charge is 2.24. The zero-order chi connectivity index (χ0) is 22.0. The van der Waals surface area contributed by atoms with Gasteiger partial charge in [0.25, 0.3) is 5.91 Å². The minimum Gasteiger partial charge on any atom is -0.377 e. The fraction of sp³-hybridized carbons (Fsp3) is 0.333. The van der Waals surface area contributed by atoms with Gasteiger partial charge in [-0.1, -0.05) is 23.7 Å². The molecule has 1 aromatic heterocycles. The number of hydrogen-bond acceptors (Lipinski definition) is 6. The summed E-state index contributed by atoms with van der Waals surface area (Å²) in [6.07, 6.45) is 1.59. The van der Waals surface area contributed by atoms with E-state index in [4.69, 9.17) is 16.3 Å². The molecule has 0 unspecified atom stereocenters. The highest BCUT2D eigenvalue weighted by Crippen LogP contribution is 2.25. The molecule has 1 aliphatic heterocycles. The van der Waals surface area contributed by atoms with Crippen molar-refractivity contribution in [3.63, 3.8) is 0 Å². The lowest BCUT2D eigenvalue weighted by atomic mass is 10.2. The normalized spacial score (nSPS) is 16.6. The van der Waals surface area contributed by atoms with Crippen LogP contribution in [-0.4, -0.2) is 50.5 Å². The van der Waals surface area contributed by atoms with Gasteiger partial charge in [0, 0.05) is 25.8 Å². The Morgan fingerprint density at radius 2 is 2.13 bits per heavy atom. The van der Waals surface area contributed by atoms with Gasteiger partial charge >= 0.3 is 0 Å². The Morgan fingerprint density at radius 3 is 2.87 bits per heavy atom. The molecular formula is C21H22ClN3O4S2. The third-order valence-corrected chi connectivity index (χ3v) is 7.98. The van der Waals surface area contributed by atoms with Crippen molar-refractivity contribution in [2.45, 2.75) is 30.4 Å². The number of rotatable bonds is 7. The van der Waals surface area contributed by atoms with Gasteiger partial charge in [0.15, 0.2) is 0 Å². The third kappa shape index (κ3) is 5.07. The summed E-state index contributed by atoms with van der Waals surface area (Å²) in [5.74, 6) is -0.313. The van der Waals surface area contributed by atoms with E-state index in [0.717, 1.165) is 28.1 Å². The lowest BCUT2D eigenvalue weighted by molar-refractivity contribution is 0.0784. The number of hydrogen-bond donors (Lipinski definition) is 1. The second-order valence-electron chi connectivity index (χ2n) is 7.37. The average Bonchev–Trinajstić information content (AvgIpc) is 3.41. The summed E-state index contributed by atoms with van der Waals surface area (Å²) >= 11 is 7.67. The summed E-state index contributed by atoms with van der Waals surface area (Å²) in [6, 6.07) is 12.1. The third-order valence-electron chi connectivity index (χ3n) is 5.05. The van der Waals surface area contributed by atoms with Gasteiger partial charge in [0.1, 0.15) is 9.90 Å². The molecule has 0 radical (unpaired) electrons. The number of amides is 1. The van der Waals surface area contributed by atoms with Gasteiger partial charge in [-0.2, -0.15) is 0 Å². The van der Waals surface area contributed by atoms with E-state index < -0.39 is 10.0 Å². The zero-order valence-electron chi connectivity index (χ0n) is 16.9. The van der Waals surface area contributed by atoms with E-state index in [2.05, 4.69) is 9.71 Å². The van der Waals surface area contributed by atoms with Crippen molar-refractivity contribution in [1.29, 1.82) is 0 Å². The van der Waals surface area contributed by atoms with Crippen LogP contribution in [0.1, 0.15) is 28.2 Å². The van der Waals surface area contributed by atoms with Crippen LogP contribution in [-0.2, 0) is 21.3 Å². The van der Waals surface area contributed by atoms with Crippen LogP contribution >= 0.6 is 22.9 Å². The van der Waals surface area contributed by atoms with Gasteiger partial charge in [-0.25, -0.2) is 18.1 Å². The summed E-state index contributed by atoms with van der Waals surface area (Å²) in [4.78, 5) is 18.9. The highest BCUT2D eigenvalue weighted by atomic mass is 35.5. The largest absolute Gasteiger partial charge is 0.377 e. The Hall–Kier alpha value is -2.04. The van der Waals surface area contributed by atoms with Crippen molar-refractivity contribution in [3.8, 4) is 0 Å². The van der Waals surface area contributed by atoms with Crippen molar-refractivity contribution in [2.75, 3.05) is 20.2 Å². The number of thiazole rings is 1. The van der Waals surface area contributed by atoms with E-state index in [1.807, 2.05) is 24.3 Å². The van der Waals surface area contributed by atoms with Crippen LogP contribution in [0.2, 0.25) is 5.02 Å². The lowest BCUT2D eigenvalue weighted by Gasteiger charge is -2.17. The average molecular weight is 480 g/mol. The number of nitrogens with zero attached hydrogens (tertiary/aromatic N) is 2. The number of sulfonamides is 1. The van der Waals surface area contributed by atoms with E-state index in [-0.39, 0.29) is 34.0 Å². The number of para-hydroxylation sites is 1. The first-order chi connectivity index (χ1) is 14.8. The molecule has 2 heterocycles. The topological polar surface area (TPSA) is 88.6 Å². The minimum atomic E-state index is -3.88. The molecule has 1 saturated heterocycles. The first-order valence-corrected chi connectivity index (χ1v) is 12.5. The van der Waals surface area contributed by atoms with Crippen LogP contribution in [0, 0.1) is 0 Å². The van der Waals surface area contributed by atoms with Crippen LogP contribution in [0.15, 0.2) is 47.4 Å². The molecule has 1 aliphatic rings. The Morgan fingerprint density at radius 1 is 1.32 bits per heavy atom. The number of carbonyl (C=O) groups excluding carboxylic acids is 1. The van der Waals surface area contributed by atoms with Crippen molar-refractivity contribution < 1.29 is 17.9 Å². The standard InChI is InChI=1S/C21H22ClN3O4S2/c1-25(13-20-24-17-6-2-3-7-18(17)30-20)21(26)14-8-9-16(22)19(11-14)31(27,28)23-12-15-5-4-10-29-15/h2-3,6-9,11,15,23H,4-5,10,12-13H2,1H3/t15-/m0/s1. The van der Waals surface area contributed by atoms with Crippen LogP contribution < -0.4 is 4.72 Å². The maximum atomic E-state index is 12.9. The fourth-order valence-electron chi connectivity index (χ4n) is 3.41. The van der Waals surface area contributed by atoms with E-state index in [0.29, 0.717) is 13.2 Å². The van der Waals surface area contributed by atoms with Crippen molar-refractivity contribution in [1.82, 2.24) is 14.6 Å². The summed E-state index contributed by atoms with van der Waals surface area (Å²) in [5, 5.41) is 0.863. The number of nitrogens with one attached hydrogen (secondary N) is 1. The maximum Gasteiger partial charge on any atom is 0.254 e. The molecular weight excluding hydrogens is 458 g/mol. The van der Waals surface area contributed by atoms with Gasteiger partial charge in [-0.3, -0.25) is 4.79 Å². The van der Waals surface area contributed by atoms with E-state index in [9.17, 15) is 13.2 Å². The molecule has 1 fully saturated rings. The Balaban J connectivity index is 1.49. The zero-order valence-corrected chi connectivity index (χ0v) is 19.3. The Bertz CT molecular complexity index is 1170. The molecule has 2 aromatic carbocycles. The summed E-state index contributed by atoms with van der Waals surface area (Å²) in [7, 11) is -2.22. The number of ether oxygens (including phenoxy) is 1. The molecule has 7 nitrogen and oxygen atoms in total. The summed E-state index contributed by atoms with van der Waals surface area (Å²) in [6.45, 7) is 1.13. The molecule has 3 aromatic rings. The van der Waals surface area contributed by atoms with Gasteiger partial charge in [0.05, 0.1) is 27.9 Å². The van der Waals surface area contributed by atoms with E-state index in [1.54, 1.807) is 7.05 Å². The van der Waals surface area contributed by atoms with Crippen molar-refractivity contribution in [2.24, 2.45) is 0 Å². The lowest BCUT2D eigenvalue weighted by Crippen LogP contribution is -2.32. The fourth-order valence-corrected chi connectivity index (χ4v) is 6.02. The van der Waals surface area contributed by atoms with Gasteiger partial charge in [-0.15, -0.1) is 11.3 Å². The Kier molecular flexibility index (Phi) is 6.59. The second kappa shape index (κ2) is 9.22. The molecule has 0 spiro atoms. The van der Waals surface area contributed by atoms with Gasteiger partial charge in [-0.05, 0) is 43.2 Å². The molecule has 1 atom stereocenters. The molecule has 10 heteroatoms. The molecule has 1 amide bonds. The monoisotopic (exact) mass is 479 g/mol. The SMILES string of the molecule is CN(Cc1nc2ccccc2s1)C(=O)c1ccc(Cl)c(S(=O)(=O)NC[C@@H]2CCCO2)c1. The molecule has 0 saturated carbocycles.